The molecule has 82 valence electrons. The number of aryl methyl sites for hydroxylation is 2. The van der Waals surface area contributed by atoms with Crippen LogP contribution in [-0.4, -0.2) is 15.0 Å². The molecule has 4 nitrogen and oxygen atoms in total. The predicted octanol–water partition coefficient (Wildman–Crippen LogP) is 3.04. The summed E-state index contributed by atoms with van der Waals surface area (Å²) in [7, 11) is 0. The SMILES string of the molecule is Cc1ccc(Oc2cc(Br)nc(C)n2)cn1. The molecular weight excluding hydrogens is 270 g/mol. The standard InChI is InChI=1S/C11H10BrN3O/c1-7-3-4-9(6-13-7)16-11-5-10(12)14-8(2)15-11/h3-6H,1-2H3. The van der Waals surface area contributed by atoms with Crippen LogP contribution in [0.3, 0.4) is 0 Å². The minimum atomic E-state index is 0.505. The Hall–Kier alpha value is -1.49. The molecule has 2 aromatic rings. The lowest BCUT2D eigenvalue weighted by Gasteiger charge is -2.05. The van der Waals surface area contributed by atoms with Gasteiger partial charge in [-0.2, -0.15) is 4.98 Å². The first kappa shape index (κ1) is 11.0. The molecule has 0 radical (unpaired) electrons. The largest absolute Gasteiger partial charge is 0.437 e. The van der Waals surface area contributed by atoms with E-state index in [0.717, 1.165) is 5.69 Å². The summed E-state index contributed by atoms with van der Waals surface area (Å²) in [5.41, 5.74) is 0.951. The number of pyridine rings is 1. The van der Waals surface area contributed by atoms with Crippen molar-refractivity contribution in [2.75, 3.05) is 0 Å². The summed E-state index contributed by atoms with van der Waals surface area (Å²) in [5.74, 6) is 1.82. The van der Waals surface area contributed by atoms with E-state index in [9.17, 15) is 0 Å². The molecule has 2 rings (SSSR count). The van der Waals surface area contributed by atoms with E-state index in [4.69, 9.17) is 4.74 Å². The van der Waals surface area contributed by atoms with E-state index >= 15 is 0 Å². The van der Waals surface area contributed by atoms with Gasteiger partial charge in [-0.25, -0.2) is 4.98 Å². The van der Waals surface area contributed by atoms with Gasteiger partial charge in [0.05, 0.1) is 6.20 Å². The van der Waals surface area contributed by atoms with E-state index < -0.39 is 0 Å². The van der Waals surface area contributed by atoms with Crippen LogP contribution in [0.15, 0.2) is 29.0 Å². The molecule has 2 aromatic heterocycles. The fourth-order valence-corrected chi connectivity index (χ4v) is 1.65. The molecule has 0 bridgehead atoms. The van der Waals surface area contributed by atoms with Crippen LogP contribution >= 0.6 is 15.9 Å². The maximum Gasteiger partial charge on any atom is 0.223 e. The molecule has 0 aromatic carbocycles. The summed E-state index contributed by atoms with van der Waals surface area (Å²) >= 11 is 3.29. The highest BCUT2D eigenvalue weighted by atomic mass is 79.9. The Kier molecular flexibility index (Phi) is 3.14. The first-order valence-corrected chi connectivity index (χ1v) is 5.54. The smallest absolute Gasteiger partial charge is 0.223 e. The van der Waals surface area contributed by atoms with Crippen LogP contribution in [0.2, 0.25) is 0 Å². The van der Waals surface area contributed by atoms with E-state index in [0.29, 0.717) is 22.1 Å². The van der Waals surface area contributed by atoms with Crippen LogP contribution in [0.1, 0.15) is 11.5 Å². The number of hydrogen-bond donors (Lipinski definition) is 0. The molecule has 0 amide bonds. The average Bonchev–Trinajstić information content (AvgIpc) is 2.20. The number of nitrogens with zero attached hydrogens (tertiary/aromatic N) is 3. The molecule has 2 heterocycles. The molecule has 0 N–H and O–H groups in total. The highest BCUT2D eigenvalue weighted by molar-refractivity contribution is 9.10. The molecule has 0 atom stereocenters. The van der Waals surface area contributed by atoms with Gasteiger partial charge < -0.3 is 4.74 Å². The summed E-state index contributed by atoms with van der Waals surface area (Å²) in [6, 6.07) is 5.46. The van der Waals surface area contributed by atoms with Gasteiger partial charge in [-0.3, -0.25) is 4.98 Å². The molecule has 16 heavy (non-hydrogen) atoms. The Morgan fingerprint density at radius 2 is 2.00 bits per heavy atom. The number of aromatic nitrogens is 3. The quantitative estimate of drug-likeness (QED) is 0.793. The van der Waals surface area contributed by atoms with E-state index in [1.807, 2.05) is 26.0 Å². The van der Waals surface area contributed by atoms with Crippen molar-refractivity contribution in [3.63, 3.8) is 0 Å². The van der Waals surface area contributed by atoms with Gasteiger partial charge in [0.1, 0.15) is 16.2 Å². The fourth-order valence-electron chi connectivity index (χ4n) is 1.19. The third kappa shape index (κ3) is 2.76. The van der Waals surface area contributed by atoms with Crippen molar-refractivity contribution in [1.29, 1.82) is 0 Å². The molecular formula is C11H10BrN3O. The summed E-state index contributed by atoms with van der Waals surface area (Å²) in [6.07, 6.45) is 1.67. The third-order valence-electron chi connectivity index (χ3n) is 1.89. The van der Waals surface area contributed by atoms with Gasteiger partial charge >= 0.3 is 0 Å². The summed E-state index contributed by atoms with van der Waals surface area (Å²) in [5, 5.41) is 0. The van der Waals surface area contributed by atoms with E-state index in [1.54, 1.807) is 12.3 Å². The molecule has 0 saturated carbocycles. The van der Waals surface area contributed by atoms with Crippen LogP contribution in [0, 0.1) is 13.8 Å². The number of halogens is 1. The fraction of sp³-hybridized carbons (Fsp3) is 0.182. The van der Waals surface area contributed by atoms with Gasteiger partial charge in [0.2, 0.25) is 5.88 Å². The molecule has 0 aliphatic carbocycles. The maximum atomic E-state index is 5.55. The van der Waals surface area contributed by atoms with Crippen molar-refractivity contribution in [1.82, 2.24) is 15.0 Å². The Balaban J connectivity index is 2.23. The predicted molar refractivity (Wildman–Crippen MR) is 63.5 cm³/mol. The van der Waals surface area contributed by atoms with Crippen molar-refractivity contribution in [2.45, 2.75) is 13.8 Å². The Bertz CT molecular complexity index is 479. The van der Waals surface area contributed by atoms with Crippen molar-refractivity contribution in [3.8, 4) is 11.6 Å². The average molecular weight is 280 g/mol. The van der Waals surface area contributed by atoms with Crippen molar-refractivity contribution >= 4 is 15.9 Å². The lowest BCUT2D eigenvalue weighted by molar-refractivity contribution is 0.456. The first-order valence-electron chi connectivity index (χ1n) is 4.75. The molecule has 0 unspecified atom stereocenters. The topological polar surface area (TPSA) is 47.9 Å². The maximum absolute atomic E-state index is 5.55. The third-order valence-corrected chi connectivity index (χ3v) is 2.30. The Labute approximate surface area is 102 Å². The van der Waals surface area contributed by atoms with Crippen molar-refractivity contribution in [3.05, 3.63) is 40.5 Å². The second-order valence-corrected chi connectivity index (χ2v) is 4.13. The van der Waals surface area contributed by atoms with Crippen molar-refractivity contribution in [2.24, 2.45) is 0 Å². The van der Waals surface area contributed by atoms with E-state index in [1.165, 1.54) is 0 Å². The zero-order valence-corrected chi connectivity index (χ0v) is 10.5. The van der Waals surface area contributed by atoms with E-state index in [2.05, 4.69) is 30.9 Å². The molecule has 0 saturated heterocycles. The zero-order chi connectivity index (χ0) is 11.5. The van der Waals surface area contributed by atoms with Gasteiger partial charge in [0.25, 0.3) is 0 Å². The summed E-state index contributed by atoms with van der Waals surface area (Å²) < 4.78 is 6.26. The van der Waals surface area contributed by atoms with Gasteiger partial charge in [0, 0.05) is 11.8 Å². The summed E-state index contributed by atoms with van der Waals surface area (Å²) in [4.78, 5) is 12.4. The molecule has 0 spiro atoms. The molecule has 0 aliphatic rings. The second-order valence-electron chi connectivity index (χ2n) is 3.31. The molecule has 0 fully saturated rings. The Morgan fingerprint density at radius 1 is 1.19 bits per heavy atom. The van der Waals surface area contributed by atoms with Gasteiger partial charge in [-0.15, -0.1) is 0 Å². The monoisotopic (exact) mass is 279 g/mol. The normalized spacial score (nSPS) is 10.2. The minimum absolute atomic E-state index is 0.505. The summed E-state index contributed by atoms with van der Waals surface area (Å²) in [6.45, 7) is 3.74. The second kappa shape index (κ2) is 4.57. The van der Waals surface area contributed by atoms with Gasteiger partial charge in [-0.1, -0.05) is 0 Å². The zero-order valence-electron chi connectivity index (χ0n) is 8.94. The highest BCUT2D eigenvalue weighted by Gasteiger charge is 2.02. The number of hydrogen-bond acceptors (Lipinski definition) is 4. The lowest BCUT2D eigenvalue weighted by Crippen LogP contribution is -1.94. The minimum Gasteiger partial charge on any atom is -0.437 e. The van der Waals surface area contributed by atoms with Crippen LogP contribution < -0.4 is 4.74 Å². The molecule has 0 aliphatic heterocycles. The van der Waals surface area contributed by atoms with Gasteiger partial charge in [-0.05, 0) is 41.9 Å². The van der Waals surface area contributed by atoms with Gasteiger partial charge in [0.15, 0.2) is 0 Å². The van der Waals surface area contributed by atoms with Crippen molar-refractivity contribution < 1.29 is 4.74 Å². The van der Waals surface area contributed by atoms with Crippen LogP contribution in [0.25, 0.3) is 0 Å². The number of rotatable bonds is 2. The highest BCUT2D eigenvalue weighted by Crippen LogP contribution is 2.20. The van der Waals surface area contributed by atoms with E-state index in [-0.39, 0.29) is 0 Å². The number of ether oxygens (including phenoxy) is 1. The van der Waals surface area contributed by atoms with Crippen LogP contribution in [-0.2, 0) is 0 Å². The molecule has 5 heteroatoms. The first-order chi connectivity index (χ1) is 7.63. The Morgan fingerprint density at radius 3 is 2.62 bits per heavy atom. The van der Waals surface area contributed by atoms with Crippen LogP contribution in [0.5, 0.6) is 11.6 Å². The lowest BCUT2D eigenvalue weighted by atomic mass is 10.4. The van der Waals surface area contributed by atoms with Crippen LogP contribution in [0.4, 0.5) is 0 Å².